The first-order chi connectivity index (χ1) is 13.6. The van der Waals surface area contributed by atoms with E-state index in [1.165, 1.54) is 18.4 Å². The summed E-state index contributed by atoms with van der Waals surface area (Å²) in [6, 6.07) is 14.3. The second-order valence-corrected chi connectivity index (χ2v) is 6.76. The maximum atomic E-state index is 12.6. The van der Waals surface area contributed by atoms with Gasteiger partial charge in [-0.2, -0.15) is 0 Å². The Morgan fingerprint density at radius 2 is 1.64 bits per heavy atom. The molecule has 2 aromatic rings. The number of piperidine rings is 1. The van der Waals surface area contributed by atoms with Gasteiger partial charge in [0.1, 0.15) is 5.82 Å². The van der Waals surface area contributed by atoms with Gasteiger partial charge in [-0.05, 0) is 80.9 Å². The number of halogens is 1. The molecule has 1 saturated heterocycles. The minimum absolute atomic E-state index is 0.0343. The van der Waals surface area contributed by atoms with Crippen LogP contribution in [-0.4, -0.2) is 46.2 Å². The lowest BCUT2D eigenvalue weighted by Crippen LogP contribution is -2.30. The Labute approximate surface area is 167 Å². The molecule has 4 N–H and O–H groups in total. The summed E-state index contributed by atoms with van der Waals surface area (Å²) < 4.78 is 12.6. The highest BCUT2D eigenvalue weighted by atomic mass is 19.1. The minimum Gasteiger partial charge on any atom is -0.388 e. The highest BCUT2D eigenvalue weighted by molar-refractivity contribution is 5.94. The average Bonchev–Trinajstić information content (AvgIpc) is 2.75. The van der Waals surface area contributed by atoms with E-state index in [-0.39, 0.29) is 11.7 Å². The summed E-state index contributed by atoms with van der Waals surface area (Å²) in [5, 5.41) is 12.1. The molecular formula is C22H31FN4O. The number of amides is 1. The lowest BCUT2D eigenvalue weighted by molar-refractivity contribution is 0.0954. The van der Waals surface area contributed by atoms with E-state index in [2.05, 4.69) is 21.3 Å². The van der Waals surface area contributed by atoms with Crippen molar-refractivity contribution in [3.05, 3.63) is 65.5 Å². The SMILES string of the molecule is CNCCNC(=O)c1ccc(NC)cc1.Fc1ccc(C2CCNCC2)cc1. The quantitative estimate of drug-likeness (QED) is 0.577. The molecule has 0 unspecified atom stereocenters. The first-order valence-corrected chi connectivity index (χ1v) is 9.81. The number of likely N-dealkylation sites (N-methyl/N-ethyl adjacent to an activating group) is 1. The average molecular weight is 387 g/mol. The lowest BCUT2D eigenvalue weighted by Gasteiger charge is -2.22. The predicted molar refractivity (Wildman–Crippen MR) is 113 cm³/mol. The molecule has 0 saturated carbocycles. The van der Waals surface area contributed by atoms with Crippen molar-refractivity contribution in [3.63, 3.8) is 0 Å². The number of carbonyl (C=O) groups excluding carboxylic acids is 1. The van der Waals surface area contributed by atoms with Crippen LogP contribution in [0, 0.1) is 5.82 Å². The van der Waals surface area contributed by atoms with Gasteiger partial charge in [0.15, 0.2) is 0 Å². The lowest BCUT2D eigenvalue weighted by atomic mass is 9.90. The number of hydrogen-bond donors (Lipinski definition) is 4. The Balaban J connectivity index is 0.000000202. The van der Waals surface area contributed by atoms with E-state index < -0.39 is 0 Å². The van der Waals surface area contributed by atoms with Crippen molar-refractivity contribution in [3.8, 4) is 0 Å². The summed E-state index contributed by atoms with van der Waals surface area (Å²) in [6.45, 7) is 3.59. The summed E-state index contributed by atoms with van der Waals surface area (Å²) >= 11 is 0. The number of rotatable bonds is 6. The van der Waals surface area contributed by atoms with E-state index in [4.69, 9.17) is 0 Å². The minimum atomic E-state index is -0.141. The Kier molecular flexibility index (Phi) is 9.45. The maximum Gasteiger partial charge on any atom is 0.251 e. The van der Waals surface area contributed by atoms with Gasteiger partial charge in [0, 0.05) is 31.4 Å². The fourth-order valence-corrected chi connectivity index (χ4v) is 3.08. The molecule has 28 heavy (non-hydrogen) atoms. The van der Waals surface area contributed by atoms with Crippen LogP contribution in [0.4, 0.5) is 10.1 Å². The molecule has 1 fully saturated rings. The Hall–Kier alpha value is -2.44. The molecule has 0 atom stereocenters. The standard InChI is InChI=1S/C11H14FN.C11H17N3O/c12-11-3-1-9(2-4-11)10-5-7-13-8-6-10;1-12-7-8-14-11(15)9-3-5-10(13-2)6-4-9/h1-4,10,13H,5-8H2;3-6,12-13H,7-8H2,1-2H3,(H,14,15). The monoisotopic (exact) mass is 386 g/mol. The predicted octanol–water partition coefficient (Wildman–Crippen LogP) is 2.97. The van der Waals surface area contributed by atoms with Crippen LogP contribution >= 0.6 is 0 Å². The number of nitrogens with one attached hydrogen (secondary N) is 4. The molecule has 0 bridgehead atoms. The molecule has 3 rings (SSSR count). The van der Waals surface area contributed by atoms with Crippen molar-refractivity contribution in [1.82, 2.24) is 16.0 Å². The fourth-order valence-electron chi connectivity index (χ4n) is 3.08. The molecule has 0 spiro atoms. The molecule has 1 aliphatic rings. The normalized spacial score (nSPS) is 14.0. The highest BCUT2D eigenvalue weighted by Crippen LogP contribution is 2.24. The smallest absolute Gasteiger partial charge is 0.251 e. The van der Waals surface area contributed by atoms with Gasteiger partial charge in [0.05, 0.1) is 0 Å². The topological polar surface area (TPSA) is 65.2 Å². The van der Waals surface area contributed by atoms with Gasteiger partial charge in [0.2, 0.25) is 0 Å². The zero-order valence-electron chi connectivity index (χ0n) is 16.7. The van der Waals surface area contributed by atoms with Crippen LogP contribution in [0.25, 0.3) is 0 Å². The highest BCUT2D eigenvalue weighted by Gasteiger charge is 2.14. The van der Waals surface area contributed by atoms with Crippen LogP contribution in [0.15, 0.2) is 48.5 Å². The number of hydrogen-bond acceptors (Lipinski definition) is 4. The van der Waals surface area contributed by atoms with E-state index in [0.29, 0.717) is 18.0 Å². The number of carbonyl (C=O) groups is 1. The van der Waals surface area contributed by atoms with Crippen molar-refractivity contribution >= 4 is 11.6 Å². The fraction of sp³-hybridized carbons (Fsp3) is 0.409. The summed E-state index contributed by atoms with van der Waals surface area (Å²) in [4.78, 5) is 11.6. The van der Waals surface area contributed by atoms with Crippen molar-refractivity contribution in [2.24, 2.45) is 0 Å². The molecule has 1 heterocycles. The van der Waals surface area contributed by atoms with Crippen molar-refractivity contribution < 1.29 is 9.18 Å². The van der Waals surface area contributed by atoms with E-state index in [0.717, 1.165) is 25.3 Å². The van der Waals surface area contributed by atoms with Gasteiger partial charge in [-0.15, -0.1) is 0 Å². The van der Waals surface area contributed by atoms with Crippen LogP contribution in [0.5, 0.6) is 0 Å². The van der Waals surface area contributed by atoms with Gasteiger partial charge in [-0.3, -0.25) is 4.79 Å². The number of benzene rings is 2. The van der Waals surface area contributed by atoms with Crippen LogP contribution in [0.2, 0.25) is 0 Å². The summed E-state index contributed by atoms with van der Waals surface area (Å²) in [5.41, 5.74) is 2.97. The number of anilines is 1. The molecule has 1 aliphatic heterocycles. The van der Waals surface area contributed by atoms with E-state index in [9.17, 15) is 9.18 Å². The third-order valence-electron chi connectivity index (χ3n) is 4.78. The molecule has 152 valence electrons. The largest absolute Gasteiger partial charge is 0.388 e. The summed E-state index contributed by atoms with van der Waals surface area (Å²) in [7, 11) is 3.70. The Morgan fingerprint density at radius 3 is 2.21 bits per heavy atom. The summed E-state index contributed by atoms with van der Waals surface area (Å²) in [6.07, 6.45) is 2.34. The molecule has 6 heteroatoms. The van der Waals surface area contributed by atoms with Gasteiger partial charge in [0.25, 0.3) is 5.91 Å². The van der Waals surface area contributed by atoms with Crippen LogP contribution < -0.4 is 21.3 Å². The third kappa shape index (κ3) is 7.29. The van der Waals surface area contributed by atoms with Crippen molar-refractivity contribution in [2.75, 3.05) is 45.6 Å². The Morgan fingerprint density at radius 1 is 1.00 bits per heavy atom. The van der Waals surface area contributed by atoms with Crippen molar-refractivity contribution in [2.45, 2.75) is 18.8 Å². The first kappa shape index (κ1) is 21.9. The van der Waals surface area contributed by atoms with Gasteiger partial charge in [-0.25, -0.2) is 4.39 Å². The van der Waals surface area contributed by atoms with Gasteiger partial charge >= 0.3 is 0 Å². The van der Waals surface area contributed by atoms with E-state index in [1.807, 2.05) is 38.4 Å². The zero-order valence-corrected chi connectivity index (χ0v) is 16.7. The summed E-state index contributed by atoms with van der Waals surface area (Å²) in [5.74, 6) is 0.451. The molecule has 5 nitrogen and oxygen atoms in total. The van der Waals surface area contributed by atoms with Gasteiger partial charge < -0.3 is 21.3 Å². The molecule has 0 radical (unpaired) electrons. The third-order valence-corrected chi connectivity index (χ3v) is 4.78. The first-order valence-electron chi connectivity index (χ1n) is 9.81. The van der Waals surface area contributed by atoms with E-state index in [1.54, 1.807) is 24.3 Å². The molecular weight excluding hydrogens is 355 g/mol. The van der Waals surface area contributed by atoms with Crippen molar-refractivity contribution in [1.29, 1.82) is 0 Å². The maximum absolute atomic E-state index is 12.6. The molecule has 0 aromatic heterocycles. The van der Waals surface area contributed by atoms with Crippen LogP contribution in [0.3, 0.4) is 0 Å². The second kappa shape index (κ2) is 12.1. The van der Waals surface area contributed by atoms with E-state index >= 15 is 0 Å². The van der Waals surface area contributed by atoms with Gasteiger partial charge in [-0.1, -0.05) is 12.1 Å². The van der Waals surface area contributed by atoms with Crippen LogP contribution in [0.1, 0.15) is 34.7 Å². The molecule has 0 aliphatic carbocycles. The second-order valence-electron chi connectivity index (χ2n) is 6.76. The zero-order chi connectivity index (χ0) is 20.2. The molecule has 1 amide bonds. The Bertz CT molecular complexity index is 697. The van der Waals surface area contributed by atoms with Crippen LogP contribution in [-0.2, 0) is 0 Å². The molecule has 2 aromatic carbocycles.